The number of halogens is 1. The van der Waals surface area contributed by atoms with Crippen molar-refractivity contribution in [3.05, 3.63) is 41.6 Å². The Morgan fingerprint density at radius 2 is 1.88 bits per heavy atom. The molecule has 0 aliphatic carbocycles. The van der Waals surface area contributed by atoms with E-state index in [1.807, 2.05) is 20.8 Å². The molecule has 8 heteroatoms. The number of nitrogens with zero attached hydrogens (tertiary/aromatic N) is 1. The first kappa shape index (κ1) is 18.4. The molecule has 0 saturated carbocycles. The van der Waals surface area contributed by atoms with E-state index in [9.17, 15) is 8.42 Å². The lowest BCUT2D eigenvalue weighted by Crippen LogP contribution is -2.26. The van der Waals surface area contributed by atoms with Gasteiger partial charge in [0.25, 0.3) is 10.0 Å². The van der Waals surface area contributed by atoms with Crippen LogP contribution in [0.4, 0.5) is 11.5 Å². The molecule has 0 fully saturated rings. The van der Waals surface area contributed by atoms with Gasteiger partial charge in [-0.25, -0.2) is 13.4 Å². The molecule has 0 bridgehead atoms. The second kappa shape index (κ2) is 6.86. The van der Waals surface area contributed by atoms with Crippen LogP contribution >= 0.6 is 11.6 Å². The molecule has 0 spiro atoms. The summed E-state index contributed by atoms with van der Waals surface area (Å²) in [5.74, 6) is 0.411. The van der Waals surface area contributed by atoms with Crippen LogP contribution in [0, 0.1) is 0 Å². The van der Waals surface area contributed by atoms with Crippen molar-refractivity contribution in [1.29, 1.82) is 0 Å². The Bertz CT molecular complexity index is 815. The van der Waals surface area contributed by atoms with Crippen molar-refractivity contribution in [2.24, 2.45) is 0 Å². The van der Waals surface area contributed by atoms with Gasteiger partial charge in [-0.2, -0.15) is 0 Å². The molecule has 0 amide bonds. The molecule has 1 aromatic carbocycles. The topological polar surface area (TPSA) is 80.3 Å². The van der Waals surface area contributed by atoms with Gasteiger partial charge >= 0.3 is 0 Å². The van der Waals surface area contributed by atoms with Crippen molar-refractivity contribution in [3.63, 3.8) is 0 Å². The van der Waals surface area contributed by atoms with Crippen LogP contribution in [-0.2, 0) is 10.0 Å². The number of pyridine rings is 1. The van der Waals surface area contributed by atoms with Gasteiger partial charge in [0.2, 0.25) is 0 Å². The largest absolute Gasteiger partial charge is 0.495 e. The number of methoxy groups -OCH3 is 1. The molecule has 1 heterocycles. The van der Waals surface area contributed by atoms with Crippen molar-refractivity contribution >= 4 is 33.1 Å². The fourth-order valence-corrected chi connectivity index (χ4v) is 3.46. The Labute approximate surface area is 147 Å². The zero-order valence-corrected chi connectivity index (χ0v) is 15.5. The van der Waals surface area contributed by atoms with Crippen LogP contribution in [-0.4, -0.2) is 26.1 Å². The molecule has 0 aliphatic heterocycles. The van der Waals surface area contributed by atoms with Crippen LogP contribution in [0.25, 0.3) is 0 Å². The summed E-state index contributed by atoms with van der Waals surface area (Å²) in [7, 11) is -2.47. The van der Waals surface area contributed by atoms with Gasteiger partial charge in [-0.1, -0.05) is 11.6 Å². The molecule has 130 valence electrons. The van der Waals surface area contributed by atoms with E-state index < -0.39 is 10.0 Å². The number of sulfonamides is 1. The lowest BCUT2D eigenvalue weighted by atomic mass is 10.1. The van der Waals surface area contributed by atoms with Gasteiger partial charge in [0, 0.05) is 10.6 Å². The van der Waals surface area contributed by atoms with Crippen LogP contribution in [0.15, 0.2) is 41.4 Å². The highest BCUT2D eigenvalue weighted by Crippen LogP contribution is 2.28. The van der Waals surface area contributed by atoms with Crippen molar-refractivity contribution in [2.45, 2.75) is 31.2 Å². The predicted molar refractivity (Wildman–Crippen MR) is 96.4 cm³/mol. The average molecular weight is 370 g/mol. The molecular weight excluding hydrogens is 350 g/mol. The quantitative estimate of drug-likeness (QED) is 0.838. The van der Waals surface area contributed by atoms with E-state index in [-0.39, 0.29) is 22.0 Å². The number of aromatic nitrogens is 1. The summed E-state index contributed by atoms with van der Waals surface area (Å²) < 4.78 is 32.6. The summed E-state index contributed by atoms with van der Waals surface area (Å²) in [6, 6.07) is 7.73. The van der Waals surface area contributed by atoms with E-state index in [0.29, 0.717) is 5.02 Å². The Balaban J connectivity index is 2.25. The monoisotopic (exact) mass is 369 g/mol. The summed E-state index contributed by atoms with van der Waals surface area (Å²) in [5, 5.41) is 3.55. The number of hydrogen-bond acceptors (Lipinski definition) is 5. The maximum Gasteiger partial charge on any atom is 0.266 e. The third kappa shape index (κ3) is 4.75. The van der Waals surface area contributed by atoms with Crippen LogP contribution < -0.4 is 14.8 Å². The predicted octanol–water partition coefficient (Wildman–Crippen LogP) is 3.75. The average Bonchev–Trinajstić information content (AvgIpc) is 2.47. The molecular formula is C16H20ClN3O3S. The summed E-state index contributed by atoms with van der Waals surface area (Å²) in [5.41, 5.74) is 0.683. The fourth-order valence-electron chi connectivity index (χ4n) is 2.01. The van der Waals surface area contributed by atoms with E-state index in [0.717, 1.165) is 5.69 Å². The Morgan fingerprint density at radius 3 is 2.42 bits per heavy atom. The zero-order valence-electron chi connectivity index (χ0n) is 13.9. The molecule has 2 rings (SSSR count). The van der Waals surface area contributed by atoms with Gasteiger partial charge < -0.3 is 10.1 Å². The highest BCUT2D eigenvalue weighted by Gasteiger charge is 2.21. The van der Waals surface area contributed by atoms with E-state index in [4.69, 9.17) is 16.3 Å². The van der Waals surface area contributed by atoms with Gasteiger partial charge in [0.15, 0.2) is 0 Å². The first-order chi connectivity index (χ1) is 11.1. The number of benzene rings is 1. The second-order valence-electron chi connectivity index (χ2n) is 6.21. The highest BCUT2D eigenvalue weighted by atomic mass is 35.5. The number of ether oxygens (including phenoxy) is 1. The molecule has 2 aromatic rings. The number of hydrogen-bond donors (Lipinski definition) is 2. The number of anilines is 2. The van der Waals surface area contributed by atoms with Crippen LogP contribution in [0.5, 0.6) is 5.75 Å². The standard InChI is InChI=1S/C16H20ClN3O3S/c1-16(2,3)19-12-6-8-15(18-10-12)20-24(21,22)14-9-11(17)5-7-13(14)23-4/h5-10,19H,1-4H3,(H,18,20). The number of nitrogens with one attached hydrogen (secondary N) is 2. The minimum atomic E-state index is -3.87. The second-order valence-corrected chi connectivity index (χ2v) is 8.30. The maximum atomic E-state index is 12.5. The first-order valence-corrected chi connectivity index (χ1v) is 9.07. The van der Waals surface area contributed by atoms with Crippen molar-refractivity contribution in [3.8, 4) is 5.75 Å². The Kier molecular flexibility index (Phi) is 5.25. The van der Waals surface area contributed by atoms with Gasteiger partial charge in [0.05, 0.1) is 19.0 Å². The molecule has 0 unspecified atom stereocenters. The Morgan fingerprint density at radius 1 is 1.17 bits per heavy atom. The van der Waals surface area contributed by atoms with E-state index in [1.54, 1.807) is 24.4 Å². The SMILES string of the molecule is COc1ccc(Cl)cc1S(=O)(=O)Nc1ccc(NC(C)(C)C)cn1. The third-order valence-corrected chi connectivity index (χ3v) is 4.55. The Hall–Kier alpha value is -1.99. The van der Waals surface area contributed by atoms with Gasteiger partial charge in [-0.3, -0.25) is 4.72 Å². The van der Waals surface area contributed by atoms with Crippen LogP contribution in [0.3, 0.4) is 0 Å². The van der Waals surface area contributed by atoms with Gasteiger partial charge in [-0.05, 0) is 51.1 Å². The summed E-state index contributed by atoms with van der Waals surface area (Å²) in [6.07, 6.45) is 1.57. The summed E-state index contributed by atoms with van der Waals surface area (Å²) in [6.45, 7) is 6.07. The lowest BCUT2D eigenvalue weighted by Gasteiger charge is -2.21. The molecule has 0 radical (unpaired) electrons. The normalized spacial score (nSPS) is 11.9. The highest BCUT2D eigenvalue weighted by molar-refractivity contribution is 7.92. The van der Waals surface area contributed by atoms with Gasteiger partial charge in [0.1, 0.15) is 16.5 Å². The zero-order chi connectivity index (χ0) is 18.0. The first-order valence-electron chi connectivity index (χ1n) is 7.21. The van der Waals surface area contributed by atoms with Crippen molar-refractivity contribution in [2.75, 3.05) is 17.1 Å². The van der Waals surface area contributed by atoms with Crippen LogP contribution in [0.1, 0.15) is 20.8 Å². The van der Waals surface area contributed by atoms with Crippen molar-refractivity contribution < 1.29 is 13.2 Å². The summed E-state index contributed by atoms with van der Waals surface area (Å²) >= 11 is 5.89. The van der Waals surface area contributed by atoms with E-state index >= 15 is 0 Å². The van der Waals surface area contributed by atoms with E-state index in [2.05, 4.69) is 15.0 Å². The maximum absolute atomic E-state index is 12.5. The molecule has 24 heavy (non-hydrogen) atoms. The molecule has 0 aliphatic rings. The van der Waals surface area contributed by atoms with E-state index in [1.165, 1.54) is 19.2 Å². The minimum Gasteiger partial charge on any atom is -0.495 e. The van der Waals surface area contributed by atoms with Crippen molar-refractivity contribution in [1.82, 2.24) is 4.98 Å². The summed E-state index contributed by atoms with van der Waals surface area (Å²) in [4.78, 5) is 4.08. The number of rotatable bonds is 5. The van der Waals surface area contributed by atoms with Gasteiger partial charge in [-0.15, -0.1) is 0 Å². The molecule has 6 nitrogen and oxygen atoms in total. The molecule has 0 atom stereocenters. The molecule has 1 aromatic heterocycles. The lowest BCUT2D eigenvalue weighted by molar-refractivity contribution is 0.403. The molecule has 0 saturated heterocycles. The smallest absolute Gasteiger partial charge is 0.266 e. The van der Waals surface area contributed by atoms with Crippen LogP contribution in [0.2, 0.25) is 5.02 Å². The fraction of sp³-hybridized carbons (Fsp3) is 0.312. The minimum absolute atomic E-state index is 0.0452. The third-order valence-electron chi connectivity index (χ3n) is 2.94. The molecule has 2 N–H and O–H groups in total.